The number of ketones is 1. The molecule has 0 unspecified atom stereocenters. The summed E-state index contributed by atoms with van der Waals surface area (Å²) in [4.78, 5) is 21.1. The van der Waals surface area contributed by atoms with Crippen LogP contribution in [-0.2, 0) is 13.0 Å². The summed E-state index contributed by atoms with van der Waals surface area (Å²) in [6.07, 6.45) is 2.91. The second-order valence-electron chi connectivity index (χ2n) is 6.69. The van der Waals surface area contributed by atoms with E-state index in [0.29, 0.717) is 41.4 Å². The molecular formula is C22H14FN3O3. The Bertz CT molecular complexity index is 1240. The maximum Gasteiger partial charge on any atom is 0.231 e. The van der Waals surface area contributed by atoms with Gasteiger partial charge in [0, 0.05) is 22.9 Å². The summed E-state index contributed by atoms with van der Waals surface area (Å²) < 4.78 is 24.4. The van der Waals surface area contributed by atoms with Gasteiger partial charge in [-0.25, -0.2) is 4.39 Å². The first kappa shape index (κ1) is 17.2. The lowest BCUT2D eigenvalue weighted by molar-refractivity contribution is 0.103. The van der Waals surface area contributed by atoms with Gasteiger partial charge in [0.1, 0.15) is 18.2 Å². The minimum Gasteiger partial charge on any atom is -0.488 e. The summed E-state index contributed by atoms with van der Waals surface area (Å²) in [5.74, 6) is 0.610. The van der Waals surface area contributed by atoms with Crippen molar-refractivity contribution in [1.82, 2.24) is 15.1 Å². The Hall–Kier alpha value is -3.87. The van der Waals surface area contributed by atoms with Crippen molar-refractivity contribution in [3.05, 3.63) is 94.9 Å². The van der Waals surface area contributed by atoms with E-state index in [1.54, 1.807) is 18.2 Å². The van der Waals surface area contributed by atoms with Gasteiger partial charge < -0.3 is 9.26 Å². The van der Waals surface area contributed by atoms with E-state index in [-0.39, 0.29) is 11.6 Å². The van der Waals surface area contributed by atoms with E-state index in [0.717, 1.165) is 17.3 Å². The molecule has 0 bridgehead atoms. The zero-order valence-corrected chi connectivity index (χ0v) is 15.1. The third-order valence-corrected chi connectivity index (χ3v) is 4.72. The summed E-state index contributed by atoms with van der Waals surface area (Å²) in [5.41, 5.74) is 3.26. The summed E-state index contributed by atoms with van der Waals surface area (Å²) in [6.45, 7) is 0.350. The van der Waals surface area contributed by atoms with Gasteiger partial charge >= 0.3 is 0 Å². The molecule has 0 amide bonds. The Kier molecular flexibility index (Phi) is 4.13. The predicted molar refractivity (Wildman–Crippen MR) is 101 cm³/mol. The highest BCUT2D eigenvalue weighted by atomic mass is 19.1. The van der Waals surface area contributed by atoms with Crippen molar-refractivity contribution >= 4 is 5.78 Å². The molecule has 4 aromatic rings. The average molecular weight is 387 g/mol. The smallest absolute Gasteiger partial charge is 0.231 e. The zero-order chi connectivity index (χ0) is 19.8. The molecule has 6 nitrogen and oxygen atoms in total. The fourth-order valence-electron chi connectivity index (χ4n) is 3.31. The molecule has 0 fully saturated rings. The van der Waals surface area contributed by atoms with Gasteiger partial charge in [0.05, 0.1) is 18.2 Å². The number of aromatic nitrogens is 3. The minimum absolute atomic E-state index is 0.0768. The summed E-state index contributed by atoms with van der Waals surface area (Å²) >= 11 is 0. The number of halogens is 1. The first-order valence-corrected chi connectivity index (χ1v) is 8.99. The molecule has 0 N–H and O–H groups in total. The molecule has 3 heterocycles. The van der Waals surface area contributed by atoms with Crippen LogP contribution in [0.15, 0.2) is 65.4 Å². The van der Waals surface area contributed by atoms with Crippen LogP contribution in [-0.4, -0.2) is 20.9 Å². The van der Waals surface area contributed by atoms with Gasteiger partial charge in [0.25, 0.3) is 0 Å². The first-order valence-electron chi connectivity index (χ1n) is 8.99. The van der Waals surface area contributed by atoms with E-state index in [9.17, 15) is 9.18 Å². The van der Waals surface area contributed by atoms with Gasteiger partial charge in [0.15, 0.2) is 5.78 Å². The Labute approximate surface area is 165 Å². The van der Waals surface area contributed by atoms with Crippen LogP contribution in [0.25, 0.3) is 11.4 Å². The number of rotatable bonds is 3. The first-order chi connectivity index (χ1) is 14.2. The molecule has 7 heteroatoms. The van der Waals surface area contributed by atoms with Crippen LogP contribution >= 0.6 is 0 Å². The number of benzene rings is 2. The van der Waals surface area contributed by atoms with Gasteiger partial charge in [-0.3, -0.25) is 9.78 Å². The van der Waals surface area contributed by atoms with Crippen LogP contribution in [0.2, 0.25) is 0 Å². The number of hydrogen-bond donors (Lipinski definition) is 0. The van der Waals surface area contributed by atoms with Crippen LogP contribution in [0.3, 0.4) is 0 Å². The number of carbonyl (C=O) groups excluding carboxylic acids is 1. The van der Waals surface area contributed by atoms with E-state index in [1.807, 2.05) is 24.3 Å². The lowest BCUT2D eigenvalue weighted by atomic mass is 9.97. The predicted octanol–water partition coefficient (Wildman–Crippen LogP) is 3.98. The largest absolute Gasteiger partial charge is 0.488 e. The maximum absolute atomic E-state index is 13.3. The van der Waals surface area contributed by atoms with Gasteiger partial charge in [-0.05, 0) is 23.8 Å². The van der Waals surface area contributed by atoms with Gasteiger partial charge in [0.2, 0.25) is 11.7 Å². The molecule has 0 spiro atoms. The average Bonchev–Trinajstić information content (AvgIpc) is 3.15. The lowest BCUT2D eigenvalue weighted by Gasteiger charge is -2.07. The highest BCUT2D eigenvalue weighted by molar-refractivity contribution is 6.12. The fraction of sp³-hybridized carbons (Fsp3) is 0.0909. The number of fused-ring (bicyclic) bond motifs is 2. The molecule has 1 aliphatic rings. The summed E-state index contributed by atoms with van der Waals surface area (Å²) in [7, 11) is 0. The molecule has 2 aromatic heterocycles. The maximum atomic E-state index is 13.3. The third kappa shape index (κ3) is 3.27. The Balaban J connectivity index is 1.44. The Morgan fingerprint density at radius 2 is 1.93 bits per heavy atom. The highest BCUT2D eigenvalue weighted by Crippen LogP contribution is 2.30. The van der Waals surface area contributed by atoms with Crippen molar-refractivity contribution in [3.63, 3.8) is 0 Å². The van der Waals surface area contributed by atoms with Crippen molar-refractivity contribution < 1.29 is 18.4 Å². The van der Waals surface area contributed by atoms with Gasteiger partial charge in [-0.1, -0.05) is 35.5 Å². The monoisotopic (exact) mass is 387 g/mol. The topological polar surface area (TPSA) is 78.1 Å². The highest BCUT2D eigenvalue weighted by Gasteiger charge is 2.22. The second-order valence-corrected chi connectivity index (χ2v) is 6.69. The van der Waals surface area contributed by atoms with E-state index < -0.39 is 5.82 Å². The van der Waals surface area contributed by atoms with Crippen LogP contribution in [0, 0.1) is 5.82 Å². The summed E-state index contributed by atoms with van der Waals surface area (Å²) in [5, 5.41) is 3.89. The molecule has 5 rings (SSSR count). The molecule has 1 aliphatic heterocycles. The van der Waals surface area contributed by atoms with E-state index in [4.69, 9.17) is 9.26 Å². The van der Waals surface area contributed by atoms with Crippen molar-refractivity contribution in [2.45, 2.75) is 13.0 Å². The zero-order valence-electron chi connectivity index (χ0n) is 15.1. The molecule has 0 saturated heterocycles. The molecule has 2 aromatic carbocycles. The molecule has 0 radical (unpaired) electrons. The number of carbonyl (C=O) groups is 1. The quantitative estimate of drug-likeness (QED) is 0.529. The standard InChI is InChI=1S/C22H14FN3O3/c23-16-9-15(10-24-11-16)22-25-20(29-26-22)8-13-5-6-19-18(7-13)21(27)17-4-2-1-3-14(17)12-28-19/h1-7,9-11H,8,12H2. The van der Waals surface area contributed by atoms with E-state index in [1.165, 1.54) is 12.3 Å². The number of hydrogen-bond acceptors (Lipinski definition) is 6. The number of pyridine rings is 1. The van der Waals surface area contributed by atoms with E-state index in [2.05, 4.69) is 15.1 Å². The van der Waals surface area contributed by atoms with Crippen molar-refractivity contribution in [2.75, 3.05) is 0 Å². The van der Waals surface area contributed by atoms with E-state index >= 15 is 0 Å². The van der Waals surface area contributed by atoms with Crippen LogP contribution in [0.1, 0.15) is 32.9 Å². The number of ether oxygens (including phenoxy) is 1. The van der Waals surface area contributed by atoms with Gasteiger partial charge in [-0.15, -0.1) is 0 Å². The van der Waals surface area contributed by atoms with Crippen molar-refractivity contribution in [3.8, 4) is 17.1 Å². The fourth-order valence-corrected chi connectivity index (χ4v) is 3.31. The third-order valence-electron chi connectivity index (χ3n) is 4.72. The number of nitrogens with zero attached hydrogens (tertiary/aromatic N) is 3. The molecule has 0 atom stereocenters. The van der Waals surface area contributed by atoms with Crippen molar-refractivity contribution in [1.29, 1.82) is 0 Å². The molecule has 142 valence electrons. The second kappa shape index (κ2) is 6.94. The van der Waals surface area contributed by atoms with Crippen LogP contribution < -0.4 is 4.74 Å². The molecule has 0 aliphatic carbocycles. The molecule has 29 heavy (non-hydrogen) atoms. The van der Waals surface area contributed by atoms with Gasteiger partial charge in [-0.2, -0.15) is 4.98 Å². The van der Waals surface area contributed by atoms with Crippen LogP contribution in [0.4, 0.5) is 4.39 Å². The normalized spacial score (nSPS) is 12.7. The minimum atomic E-state index is -0.474. The Morgan fingerprint density at radius 3 is 2.83 bits per heavy atom. The SMILES string of the molecule is O=C1c2ccccc2COc2ccc(Cc3nc(-c4cncc(F)c4)no3)cc21. The summed E-state index contributed by atoms with van der Waals surface area (Å²) in [6, 6.07) is 14.1. The van der Waals surface area contributed by atoms with Crippen LogP contribution in [0.5, 0.6) is 5.75 Å². The molecular weight excluding hydrogens is 373 g/mol. The lowest BCUT2D eigenvalue weighted by Crippen LogP contribution is -2.03. The van der Waals surface area contributed by atoms with Crippen molar-refractivity contribution in [2.24, 2.45) is 0 Å². The Morgan fingerprint density at radius 1 is 1.03 bits per heavy atom. The molecule has 0 saturated carbocycles.